The molecule has 0 fully saturated rings. The van der Waals surface area contributed by atoms with Gasteiger partial charge in [-0.15, -0.1) is 11.4 Å². The summed E-state index contributed by atoms with van der Waals surface area (Å²) in [5.41, 5.74) is 0. The van der Waals surface area contributed by atoms with Crippen LogP contribution >= 0.6 is 0 Å². The summed E-state index contributed by atoms with van der Waals surface area (Å²) in [7, 11) is 0. The number of hydrogen-bond acceptors (Lipinski definition) is 4. The van der Waals surface area contributed by atoms with Gasteiger partial charge in [0.05, 0.1) is 0 Å². The van der Waals surface area contributed by atoms with Crippen molar-refractivity contribution >= 4 is 17.6 Å². The monoisotopic (exact) mass is 182 g/mol. The van der Waals surface area contributed by atoms with Gasteiger partial charge in [-0.25, -0.2) is 0 Å². The van der Waals surface area contributed by atoms with Gasteiger partial charge in [-0.3, -0.25) is 9.00 Å². The number of carbonyl (C=O) groups excluding carboxylic acids is 1. The molecular formula is C3H4Na2O4S. The molecule has 0 atom stereocenters. The minimum atomic E-state index is -3.11. The molecule has 0 spiro atoms. The molecule has 0 amide bonds. The normalized spacial score (nSPS) is 5.50. The van der Waals surface area contributed by atoms with Crippen molar-refractivity contribution in [1.82, 2.24) is 0 Å². The van der Waals surface area contributed by atoms with Crippen LogP contribution in [0.1, 0.15) is 0 Å². The Morgan fingerprint density at radius 2 is 1.40 bits per heavy atom. The van der Waals surface area contributed by atoms with E-state index < -0.39 is 11.4 Å². The van der Waals surface area contributed by atoms with Crippen molar-refractivity contribution in [2.24, 2.45) is 0 Å². The SMILES string of the molecule is C=CC=O.O=S([O-])[O-].[Na+].[Na+]. The third kappa shape index (κ3) is 111. The molecule has 0 radical (unpaired) electrons. The summed E-state index contributed by atoms with van der Waals surface area (Å²) >= 11 is -3.11. The first-order valence-corrected chi connectivity index (χ1v) is 2.48. The molecule has 10 heavy (non-hydrogen) atoms. The van der Waals surface area contributed by atoms with E-state index in [1.807, 2.05) is 0 Å². The molecule has 0 unspecified atom stereocenters. The zero-order chi connectivity index (χ0) is 6.99. The standard InChI is InChI=1S/C3H4O.2Na.H2O3S/c1-2-3-4;;;1-4(2)3/h2-3H,1H2;;;(H2,1,2,3)/q;2*+1;/p-2. The summed E-state index contributed by atoms with van der Waals surface area (Å²) in [6, 6.07) is 0. The van der Waals surface area contributed by atoms with E-state index in [4.69, 9.17) is 18.1 Å². The summed E-state index contributed by atoms with van der Waals surface area (Å²) in [6.07, 6.45) is 1.83. The molecule has 0 heterocycles. The molecule has 4 nitrogen and oxygen atoms in total. The Bertz CT molecular complexity index is 86.5. The number of rotatable bonds is 1. The third-order valence-corrected chi connectivity index (χ3v) is 0.0962. The van der Waals surface area contributed by atoms with Crippen LogP contribution in [0, 0.1) is 0 Å². The Labute approximate surface area is 106 Å². The van der Waals surface area contributed by atoms with Crippen molar-refractivity contribution in [3.63, 3.8) is 0 Å². The number of allylic oxidation sites excluding steroid dienone is 1. The molecule has 48 valence electrons. The van der Waals surface area contributed by atoms with Crippen LogP contribution in [0.15, 0.2) is 12.7 Å². The van der Waals surface area contributed by atoms with Gasteiger partial charge in [0.25, 0.3) is 0 Å². The number of hydrogen-bond donors (Lipinski definition) is 0. The Hall–Kier alpha value is 1.48. The first kappa shape index (κ1) is 22.5. The van der Waals surface area contributed by atoms with Gasteiger partial charge in [-0.1, -0.05) is 6.58 Å². The Morgan fingerprint density at radius 3 is 1.40 bits per heavy atom. The van der Waals surface area contributed by atoms with E-state index in [1.165, 1.54) is 6.08 Å². The second-order valence-electron chi connectivity index (χ2n) is 0.576. The number of aldehydes is 1. The van der Waals surface area contributed by atoms with Gasteiger partial charge in [0, 0.05) is 0 Å². The first-order valence-electron chi connectivity index (χ1n) is 1.48. The van der Waals surface area contributed by atoms with E-state index >= 15 is 0 Å². The maximum atomic E-state index is 9.06. The zero-order valence-electron chi connectivity index (χ0n) is 5.90. The molecule has 0 saturated heterocycles. The predicted molar refractivity (Wildman–Crippen MR) is 26.0 cm³/mol. The fourth-order valence-electron chi connectivity index (χ4n) is 0. The molecule has 0 N–H and O–H groups in total. The Kier molecular flexibility index (Phi) is 50.5. The van der Waals surface area contributed by atoms with Crippen molar-refractivity contribution in [2.45, 2.75) is 0 Å². The molecule has 0 aliphatic carbocycles. The van der Waals surface area contributed by atoms with Crippen molar-refractivity contribution in [1.29, 1.82) is 0 Å². The summed E-state index contributed by atoms with van der Waals surface area (Å²) in [5, 5.41) is 0. The van der Waals surface area contributed by atoms with E-state index in [9.17, 15) is 0 Å². The second-order valence-corrected chi connectivity index (χ2v) is 0.984. The van der Waals surface area contributed by atoms with Gasteiger partial charge in [0.2, 0.25) is 0 Å². The van der Waals surface area contributed by atoms with E-state index in [0.717, 1.165) is 0 Å². The smallest absolute Gasteiger partial charge is 0.784 e. The molecule has 0 saturated carbocycles. The second kappa shape index (κ2) is 22.4. The Morgan fingerprint density at radius 1 is 1.30 bits per heavy atom. The molecule has 7 heteroatoms. The van der Waals surface area contributed by atoms with Gasteiger partial charge >= 0.3 is 59.1 Å². The minimum absolute atomic E-state index is 0. The third-order valence-electron chi connectivity index (χ3n) is 0.0962. The van der Waals surface area contributed by atoms with Crippen LogP contribution < -0.4 is 59.1 Å². The predicted octanol–water partition coefficient (Wildman–Crippen LogP) is -6.62. The average Bonchev–Trinajstić information content (AvgIpc) is 1.65. The van der Waals surface area contributed by atoms with Crippen molar-refractivity contribution < 1.29 is 77.2 Å². The average molecular weight is 182 g/mol. The fraction of sp³-hybridized carbons (Fsp3) is 0. The molecule has 0 aromatic rings. The summed E-state index contributed by atoms with van der Waals surface area (Å²) < 4.78 is 25.3. The van der Waals surface area contributed by atoms with Crippen molar-refractivity contribution in [2.75, 3.05) is 0 Å². The van der Waals surface area contributed by atoms with Crippen LogP contribution in [0.5, 0.6) is 0 Å². The summed E-state index contributed by atoms with van der Waals surface area (Å²) in [4.78, 5) is 9.06. The minimum Gasteiger partial charge on any atom is -0.784 e. The van der Waals surface area contributed by atoms with Gasteiger partial charge in [0.1, 0.15) is 6.29 Å². The molecule has 0 bridgehead atoms. The van der Waals surface area contributed by atoms with E-state index in [1.54, 1.807) is 0 Å². The maximum absolute atomic E-state index is 9.06. The summed E-state index contributed by atoms with van der Waals surface area (Å²) in [5.74, 6) is 0. The molecular weight excluding hydrogens is 178 g/mol. The van der Waals surface area contributed by atoms with E-state index in [-0.39, 0.29) is 59.1 Å². The van der Waals surface area contributed by atoms with Crippen LogP contribution in [-0.2, 0) is 16.2 Å². The summed E-state index contributed by atoms with van der Waals surface area (Å²) in [6.45, 7) is 3.11. The molecule has 0 aromatic carbocycles. The van der Waals surface area contributed by atoms with Crippen molar-refractivity contribution in [3.8, 4) is 0 Å². The molecule has 0 aliphatic rings. The van der Waals surface area contributed by atoms with Gasteiger partial charge in [-0.05, 0) is 6.08 Å². The van der Waals surface area contributed by atoms with E-state index in [2.05, 4.69) is 6.58 Å². The maximum Gasteiger partial charge on any atom is 1.00 e. The van der Waals surface area contributed by atoms with Gasteiger partial charge in [-0.2, -0.15) is 0 Å². The fourth-order valence-corrected chi connectivity index (χ4v) is 0. The topological polar surface area (TPSA) is 80.3 Å². The van der Waals surface area contributed by atoms with Crippen LogP contribution in [0.25, 0.3) is 0 Å². The van der Waals surface area contributed by atoms with Crippen molar-refractivity contribution in [3.05, 3.63) is 12.7 Å². The van der Waals surface area contributed by atoms with Crippen LogP contribution in [-0.4, -0.2) is 19.6 Å². The molecule has 0 aromatic heterocycles. The molecule has 0 aliphatic heterocycles. The van der Waals surface area contributed by atoms with Crippen LogP contribution in [0.4, 0.5) is 0 Å². The van der Waals surface area contributed by atoms with Gasteiger partial charge < -0.3 is 9.11 Å². The van der Waals surface area contributed by atoms with E-state index in [0.29, 0.717) is 6.29 Å². The molecule has 0 rings (SSSR count). The quantitative estimate of drug-likeness (QED) is 0.175. The zero-order valence-corrected chi connectivity index (χ0v) is 10.7. The van der Waals surface area contributed by atoms with Gasteiger partial charge in [0.15, 0.2) is 0 Å². The van der Waals surface area contributed by atoms with Crippen LogP contribution in [0.3, 0.4) is 0 Å². The Balaban J connectivity index is -0.0000000300. The largest absolute Gasteiger partial charge is 1.00 e. The number of carbonyl (C=O) groups is 1. The van der Waals surface area contributed by atoms with Crippen LogP contribution in [0.2, 0.25) is 0 Å². The first-order chi connectivity index (χ1) is 3.65.